The Kier molecular flexibility index (Phi) is 4.86. The molecule has 1 aromatic rings. The highest BCUT2D eigenvalue weighted by Gasteiger charge is 2.53. The van der Waals surface area contributed by atoms with Crippen LogP contribution < -0.4 is 9.47 Å². The number of carbonyl (C=O) groups is 1. The number of esters is 1. The van der Waals surface area contributed by atoms with Crippen molar-refractivity contribution in [2.24, 2.45) is 0 Å². The molecule has 0 aromatic heterocycles. The number of rotatable bonds is 5. The van der Waals surface area contributed by atoms with Crippen LogP contribution in [0.15, 0.2) is 24.3 Å². The van der Waals surface area contributed by atoms with Gasteiger partial charge in [-0.3, -0.25) is 4.79 Å². The van der Waals surface area contributed by atoms with E-state index in [2.05, 4.69) is 24.1 Å². The largest absolute Gasteiger partial charge is 0.493 e. The second-order valence-electron chi connectivity index (χ2n) is 7.63. The van der Waals surface area contributed by atoms with Crippen LogP contribution in [-0.2, 0) is 26.2 Å². The smallest absolute Gasteiger partial charge is 0.308 e. The monoisotopic (exact) mass is 373 g/mol. The standard InChI is InChI=1S/C21H27NO5/c1-22-10-9-21-8-6-15(26-18(23)7-11-24-2)12-17(21)27-20-16(25-3)5-4-14(13-22)19(20)21/h4-6,8,15,17H,7,9-13H2,1-3H3/t15-,17?,21-/m0/s1. The SMILES string of the molecule is COCCC(=O)O[C@H]1C=C[C@@]23CCN(C)Cc4ccc(OC)c(c42)OC3C1. The number of hydrogen-bond acceptors (Lipinski definition) is 6. The van der Waals surface area contributed by atoms with Crippen LogP contribution in [-0.4, -0.2) is 57.5 Å². The number of hydrogen-bond donors (Lipinski definition) is 0. The molecule has 0 saturated carbocycles. The predicted octanol–water partition coefficient (Wildman–Crippen LogP) is 2.44. The van der Waals surface area contributed by atoms with Gasteiger partial charge in [0.25, 0.3) is 0 Å². The van der Waals surface area contributed by atoms with Crippen LogP contribution >= 0.6 is 0 Å². The van der Waals surface area contributed by atoms with E-state index in [1.54, 1.807) is 14.2 Å². The van der Waals surface area contributed by atoms with Gasteiger partial charge in [0.2, 0.25) is 0 Å². The van der Waals surface area contributed by atoms with Gasteiger partial charge in [0.15, 0.2) is 11.5 Å². The third kappa shape index (κ3) is 3.11. The number of ether oxygens (including phenoxy) is 4. The summed E-state index contributed by atoms with van der Waals surface area (Å²) < 4.78 is 22.6. The number of methoxy groups -OCH3 is 2. The van der Waals surface area contributed by atoms with Gasteiger partial charge in [0.1, 0.15) is 12.2 Å². The molecule has 6 nitrogen and oxygen atoms in total. The van der Waals surface area contributed by atoms with E-state index in [1.807, 2.05) is 12.1 Å². The number of carbonyl (C=O) groups excluding carboxylic acids is 1. The van der Waals surface area contributed by atoms with Gasteiger partial charge in [-0.25, -0.2) is 0 Å². The van der Waals surface area contributed by atoms with Crippen LogP contribution in [0.1, 0.15) is 30.4 Å². The summed E-state index contributed by atoms with van der Waals surface area (Å²) in [6.07, 6.45) is 5.81. The summed E-state index contributed by atoms with van der Waals surface area (Å²) in [5, 5.41) is 0. The van der Waals surface area contributed by atoms with E-state index in [9.17, 15) is 4.79 Å². The van der Waals surface area contributed by atoms with Gasteiger partial charge in [-0.1, -0.05) is 12.1 Å². The number of benzene rings is 1. The first-order valence-electron chi connectivity index (χ1n) is 9.50. The summed E-state index contributed by atoms with van der Waals surface area (Å²) in [6.45, 7) is 2.25. The third-order valence-corrected chi connectivity index (χ3v) is 5.92. The van der Waals surface area contributed by atoms with E-state index in [1.165, 1.54) is 11.1 Å². The Labute approximate surface area is 160 Å². The van der Waals surface area contributed by atoms with E-state index >= 15 is 0 Å². The molecule has 2 aliphatic heterocycles. The molecule has 27 heavy (non-hydrogen) atoms. The first-order valence-corrected chi connectivity index (χ1v) is 9.50. The molecule has 3 aliphatic rings. The summed E-state index contributed by atoms with van der Waals surface area (Å²) in [7, 11) is 5.40. The Morgan fingerprint density at radius 1 is 1.37 bits per heavy atom. The maximum atomic E-state index is 12.0. The first kappa shape index (κ1) is 18.3. The fourth-order valence-corrected chi connectivity index (χ4v) is 4.57. The molecule has 6 heteroatoms. The van der Waals surface area contributed by atoms with Gasteiger partial charge in [-0.05, 0) is 37.7 Å². The first-order chi connectivity index (χ1) is 13.1. The van der Waals surface area contributed by atoms with E-state index in [4.69, 9.17) is 18.9 Å². The highest BCUT2D eigenvalue weighted by atomic mass is 16.6. The average molecular weight is 373 g/mol. The molecule has 1 aromatic carbocycles. The van der Waals surface area contributed by atoms with E-state index < -0.39 is 0 Å². The van der Waals surface area contributed by atoms with Crippen LogP contribution in [0.4, 0.5) is 0 Å². The Hall–Kier alpha value is -2.05. The minimum Gasteiger partial charge on any atom is -0.493 e. The van der Waals surface area contributed by atoms with Crippen LogP contribution in [0.2, 0.25) is 0 Å². The molecule has 0 bridgehead atoms. The molecule has 0 amide bonds. The maximum absolute atomic E-state index is 12.0. The van der Waals surface area contributed by atoms with Crippen LogP contribution in [0.5, 0.6) is 11.5 Å². The Morgan fingerprint density at radius 3 is 3.00 bits per heavy atom. The van der Waals surface area contributed by atoms with Crippen molar-refractivity contribution in [3.05, 3.63) is 35.4 Å². The highest BCUT2D eigenvalue weighted by Crippen LogP contribution is 2.55. The molecular formula is C21H27NO5. The second-order valence-corrected chi connectivity index (χ2v) is 7.63. The van der Waals surface area contributed by atoms with Gasteiger partial charge in [0, 0.05) is 25.6 Å². The van der Waals surface area contributed by atoms with Crippen molar-refractivity contribution in [3.63, 3.8) is 0 Å². The third-order valence-electron chi connectivity index (χ3n) is 5.92. The molecular weight excluding hydrogens is 346 g/mol. The molecule has 1 spiro atoms. The molecule has 146 valence electrons. The van der Waals surface area contributed by atoms with Gasteiger partial charge >= 0.3 is 5.97 Å². The quantitative estimate of drug-likeness (QED) is 0.584. The topological polar surface area (TPSA) is 57.2 Å². The second kappa shape index (κ2) is 7.17. The van der Waals surface area contributed by atoms with Crippen molar-refractivity contribution < 1.29 is 23.7 Å². The Balaban J connectivity index is 1.66. The molecule has 3 atom stereocenters. The molecule has 0 radical (unpaired) electrons. The van der Waals surface area contributed by atoms with Crippen LogP contribution in [0.3, 0.4) is 0 Å². The van der Waals surface area contributed by atoms with Gasteiger partial charge < -0.3 is 23.8 Å². The van der Waals surface area contributed by atoms with Crippen molar-refractivity contribution in [2.45, 2.75) is 43.4 Å². The zero-order valence-corrected chi connectivity index (χ0v) is 16.2. The van der Waals surface area contributed by atoms with Gasteiger partial charge in [-0.2, -0.15) is 0 Å². The lowest BCUT2D eigenvalue weighted by Gasteiger charge is -2.36. The van der Waals surface area contributed by atoms with Crippen LogP contribution in [0.25, 0.3) is 0 Å². The highest BCUT2D eigenvalue weighted by molar-refractivity contribution is 5.70. The lowest BCUT2D eigenvalue weighted by Crippen LogP contribution is -2.43. The maximum Gasteiger partial charge on any atom is 0.308 e. The van der Waals surface area contributed by atoms with E-state index in [0.717, 1.165) is 31.0 Å². The van der Waals surface area contributed by atoms with Crippen molar-refractivity contribution >= 4 is 5.97 Å². The lowest BCUT2D eigenvalue weighted by atomic mass is 9.69. The Morgan fingerprint density at radius 2 is 2.22 bits per heavy atom. The minimum absolute atomic E-state index is 0.0562. The average Bonchev–Trinajstić information content (AvgIpc) is 2.92. The van der Waals surface area contributed by atoms with Crippen LogP contribution in [0, 0.1) is 0 Å². The summed E-state index contributed by atoms with van der Waals surface area (Å²) >= 11 is 0. The lowest BCUT2D eigenvalue weighted by molar-refractivity contribution is -0.149. The molecule has 2 heterocycles. The fraction of sp³-hybridized carbons (Fsp3) is 0.571. The molecule has 4 rings (SSSR count). The van der Waals surface area contributed by atoms with E-state index in [0.29, 0.717) is 13.0 Å². The summed E-state index contributed by atoms with van der Waals surface area (Å²) in [6, 6.07) is 4.14. The van der Waals surface area contributed by atoms with Gasteiger partial charge in [0.05, 0.1) is 25.6 Å². The summed E-state index contributed by atoms with van der Waals surface area (Å²) in [4.78, 5) is 14.3. The van der Waals surface area contributed by atoms with Crippen molar-refractivity contribution in [3.8, 4) is 11.5 Å². The minimum atomic E-state index is -0.269. The predicted molar refractivity (Wildman–Crippen MR) is 100 cm³/mol. The summed E-state index contributed by atoms with van der Waals surface area (Å²) in [5.74, 6) is 1.39. The summed E-state index contributed by atoms with van der Waals surface area (Å²) in [5.41, 5.74) is 2.35. The van der Waals surface area contributed by atoms with Crippen molar-refractivity contribution in [1.29, 1.82) is 0 Å². The fourth-order valence-electron chi connectivity index (χ4n) is 4.57. The van der Waals surface area contributed by atoms with Crippen molar-refractivity contribution in [1.82, 2.24) is 4.90 Å². The molecule has 0 saturated heterocycles. The molecule has 1 unspecified atom stereocenters. The zero-order valence-electron chi connectivity index (χ0n) is 16.2. The molecule has 0 fully saturated rings. The van der Waals surface area contributed by atoms with E-state index in [-0.39, 0.29) is 30.0 Å². The zero-order chi connectivity index (χ0) is 19.0. The molecule has 1 aliphatic carbocycles. The Bertz CT molecular complexity index is 761. The van der Waals surface area contributed by atoms with Gasteiger partial charge in [-0.15, -0.1) is 0 Å². The normalized spacial score (nSPS) is 28.7. The van der Waals surface area contributed by atoms with Crippen molar-refractivity contribution in [2.75, 3.05) is 34.4 Å². The number of nitrogens with zero attached hydrogens (tertiary/aromatic N) is 1. The molecule has 0 N–H and O–H groups in total.